The monoisotopic (exact) mass is 934 g/mol. The summed E-state index contributed by atoms with van der Waals surface area (Å²) in [6.07, 6.45) is 9.18. The number of nitrogens with two attached hydrogens (primary N) is 2. The molecule has 4 atom stereocenters. The normalized spacial score (nSPS) is 30.7. The Bertz CT molecular complexity index is 2060. The van der Waals surface area contributed by atoms with Crippen molar-refractivity contribution < 1.29 is 45.6 Å². The van der Waals surface area contributed by atoms with Gasteiger partial charge in [0.25, 0.3) is 11.8 Å². The predicted octanol–water partition coefficient (Wildman–Crippen LogP) is 5.82. The number of carbonyl (C=O) groups excluding carboxylic acids is 2. The minimum atomic E-state index is -1.06. The van der Waals surface area contributed by atoms with Crippen molar-refractivity contribution in [1.82, 2.24) is 9.80 Å². The molecule has 6 aliphatic rings. The number of ether oxygens (including phenoxy) is 4. The molecule has 2 heterocycles. The van der Waals surface area contributed by atoms with Crippen LogP contribution in [0.3, 0.4) is 0 Å². The number of hydrogen-bond acceptors (Lipinski definition) is 11. The van der Waals surface area contributed by atoms with Crippen LogP contribution >= 0.6 is 15.9 Å². The van der Waals surface area contributed by atoms with E-state index in [1.54, 1.807) is 38.2 Å². The Kier molecular flexibility index (Phi) is 14.7. The molecule has 326 valence electrons. The van der Waals surface area contributed by atoms with Gasteiger partial charge in [-0.2, -0.15) is 0 Å². The summed E-state index contributed by atoms with van der Waals surface area (Å²) in [7, 11) is 6.76. The van der Waals surface area contributed by atoms with Crippen molar-refractivity contribution in [1.29, 1.82) is 5.26 Å². The van der Waals surface area contributed by atoms with E-state index in [0.717, 1.165) is 85.4 Å². The van der Waals surface area contributed by atoms with Crippen LogP contribution in [0.5, 0.6) is 0 Å². The van der Waals surface area contributed by atoms with Gasteiger partial charge in [0.2, 0.25) is 0 Å². The Hall–Kier alpha value is -3.86. The Morgan fingerprint density at radius 3 is 1.55 bits per heavy atom. The number of carbonyl (C=O) groups is 2. The first kappa shape index (κ1) is 47.2. The van der Waals surface area contributed by atoms with Crippen LogP contribution < -0.4 is 11.5 Å². The van der Waals surface area contributed by atoms with Gasteiger partial charge in [-0.25, -0.2) is 14.8 Å². The smallest absolute Gasteiger partial charge is 0.512 e. The predicted molar refractivity (Wildman–Crippen MR) is 226 cm³/mol. The summed E-state index contributed by atoms with van der Waals surface area (Å²) >= 11 is 3.59. The number of guanidine groups is 2. The van der Waals surface area contributed by atoms with Crippen LogP contribution in [-0.2, 0) is 69.5 Å². The fraction of sp³-hybridized carbons (Fsp3) is 0.591. The maximum Gasteiger partial charge on any atom is 1.00 e. The molecule has 2 aromatic carbocycles. The summed E-state index contributed by atoms with van der Waals surface area (Å²) in [4.78, 5) is 44.7. The van der Waals surface area contributed by atoms with Crippen molar-refractivity contribution in [3.05, 3.63) is 81.1 Å². The zero-order valence-corrected chi connectivity index (χ0v) is 37.8. The number of amides is 2. The average Bonchev–Trinajstić information content (AvgIpc) is 3.87. The molecule has 8 rings (SSSR count). The summed E-state index contributed by atoms with van der Waals surface area (Å²) < 4.78 is 22.7. The molecule has 0 saturated heterocycles. The van der Waals surface area contributed by atoms with Crippen LogP contribution in [0.15, 0.2) is 50.9 Å². The second kappa shape index (κ2) is 18.6. The van der Waals surface area contributed by atoms with Crippen molar-refractivity contribution in [2.45, 2.75) is 113 Å². The molecule has 0 bridgehead atoms. The average molecular weight is 936 g/mol. The molecule has 2 aromatic rings. The van der Waals surface area contributed by atoms with E-state index in [0.29, 0.717) is 24.9 Å². The third-order valence-electron chi connectivity index (χ3n) is 13.9. The van der Waals surface area contributed by atoms with Gasteiger partial charge in [0.1, 0.15) is 0 Å². The summed E-state index contributed by atoms with van der Waals surface area (Å²) in [5, 5.41) is 6.25. The zero-order valence-electron chi connectivity index (χ0n) is 35.2. The van der Waals surface area contributed by atoms with E-state index < -0.39 is 11.1 Å². The van der Waals surface area contributed by atoms with Gasteiger partial charge < -0.3 is 42.2 Å². The number of hydrogen-bond donors (Lipinski definition) is 2. The molecule has 60 heavy (non-hydrogen) atoms. The van der Waals surface area contributed by atoms with Crippen LogP contribution in [0.4, 0.5) is 5.69 Å². The second-order valence-corrected chi connectivity index (χ2v) is 17.8. The molecule has 2 amide bonds. The topological polar surface area (TPSA) is 182 Å². The molecule has 16 heteroatoms. The minimum absolute atomic E-state index is 0. The number of rotatable bonds is 8. The van der Waals surface area contributed by atoms with E-state index in [4.69, 9.17) is 58.8 Å². The number of halogens is 1. The molecule has 0 radical (unpaired) electrons. The molecule has 14 nitrogen and oxygen atoms in total. The van der Waals surface area contributed by atoms with Gasteiger partial charge in [-0.1, -0.05) is 40.2 Å². The molecule has 2 saturated carbocycles. The van der Waals surface area contributed by atoms with E-state index in [1.807, 2.05) is 38.1 Å². The summed E-state index contributed by atoms with van der Waals surface area (Å²) in [5.74, 6) is 0.447. The molecular weight excluding hydrogens is 880 g/mol. The van der Waals surface area contributed by atoms with Gasteiger partial charge >= 0.3 is 17.1 Å². The maximum absolute atomic E-state index is 14.0. The third kappa shape index (κ3) is 7.36. The van der Waals surface area contributed by atoms with Crippen molar-refractivity contribution in [2.75, 3.05) is 41.7 Å². The third-order valence-corrected chi connectivity index (χ3v) is 14.4. The zero-order chi connectivity index (χ0) is 42.9. The molecule has 4 unspecified atom stereocenters. The van der Waals surface area contributed by atoms with Gasteiger partial charge in [-0.3, -0.25) is 19.4 Å². The largest absolute Gasteiger partial charge is 1.00 e. The number of fused-ring (bicyclic) bond motifs is 6. The Balaban J connectivity index is 0.000000215. The van der Waals surface area contributed by atoms with Crippen molar-refractivity contribution >= 4 is 45.4 Å². The van der Waals surface area contributed by atoms with E-state index in [1.165, 1.54) is 5.56 Å². The Labute approximate surface area is 372 Å². The number of nitrogens with zero attached hydrogens (tertiary/aromatic N) is 6. The van der Waals surface area contributed by atoms with Crippen LogP contribution in [-0.4, -0.2) is 99.5 Å². The number of benzene rings is 2. The van der Waals surface area contributed by atoms with Gasteiger partial charge in [0.05, 0.1) is 44.1 Å². The first-order valence-corrected chi connectivity index (χ1v) is 21.0. The second-order valence-electron chi connectivity index (χ2n) is 16.9. The standard InChI is InChI=1S/C22H28N4O3.C21H28BrN3O3.CN.Cu/c1-14(13-28-3)26-19(27)22(25-20(26)23)18-11-16(24-2)6-5-15(18)12-21(22)9-7-17(29-4)8-10-21;1-13(12-27-2)25-18(26)21(24-19(25)23)17-10-15(22)5-4-14(17)11-20(21)8-6-16(28-3)7-9-20;1-2;/h5-6,11,14,17H,7-10,12-13H2,1,3-4H3,(H2,23,25);4-5,10,13,16H,6-9,11-12H2,1-3H3,(H2,23,24);;/q;;-1;+1. The fourth-order valence-corrected chi connectivity index (χ4v) is 11.5. The van der Waals surface area contributed by atoms with E-state index in [2.05, 4.69) is 32.9 Å². The van der Waals surface area contributed by atoms with Gasteiger partial charge in [-0.05, 0) is 112 Å². The van der Waals surface area contributed by atoms with Crippen molar-refractivity contribution in [3.63, 3.8) is 0 Å². The van der Waals surface area contributed by atoms with Crippen molar-refractivity contribution in [2.24, 2.45) is 32.3 Å². The first-order valence-electron chi connectivity index (χ1n) is 20.2. The van der Waals surface area contributed by atoms with Crippen LogP contribution in [0.1, 0.15) is 87.5 Å². The summed E-state index contributed by atoms with van der Waals surface area (Å²) in [5.41, 5.74) is 14.8. The quantitative estimate of drug-likeness (QED) is 0.244. The molecule has 0 aromatic heterocycles. The van der Waals surface area contributed by atoms with E-state index >= 15 is 0 Å². The minimum Gasteiger partial charge on any atom is -0.512 e. The molecular formula is C44H56BrCuN8O6. The van der Waals surface area contributed by atoms with Crippen LogP contribution in [0.25, 0.3) is 4.85 Å². The van der Waals surface area contributed by atoms with Gasteiger partial charge in [0.15, 0.2) is 28.7 Å². The van der Waals surface area contributed by atoms with Gasteiger partial charge in [-0.15, -0.1) is 0 Å². The summed E-state index contributed by atoms with van der Waals surface area (Å²) in [6.45, 7) is 16.9. The van der Waals surface area contributed by atoms with Crippen molar-refractivity contribution in [3.8, 4) is 0 Å². The molecule has 4 spiro atoms. The summed E-state index contributed by atoms with van der Waals surface area (Å²) in [6, 6.07) is 11.5. The number of aliphatic imine (C=N–C) groups is 2. The number of methoxy groups -OCH3 is 4. The van der Waals surface area contributed by atoms with Crippen LogP contribution in [0.2, 0.25) is 0 Å². The van der Waals surface area contributed by atoms with E-state index in [-0.39, 0.29) is 70.0 Å². The molecule has 4 aliphatic carbocycles. The maximum atomic E-state index is 14.0. The van der Waals surface area contributed by atoms with E-state index in [9.17, 15) is 9.59 Å². The first-order chi connectivity index (χ1) is 28.3. The SMILES string of the molecule is COCC(C)N1C(=O)C2(N=C1N)c1cc(Br)ccc1CC21CCC(OC)CC1.[C-]#N.[C-]#[N+]c1ccc2c(c1)C1(N=C(N)N(C(C)COC)C1=O)C1(CCC(OC)CC1)C2.[Cu+]. The van der Waals surface area contributed by atoms with Crippen LogP contribution in [0, 0.1) is 29.2 Å². The Morgan fingerprint density at radius 2 is 1.17 bits per heavy atom. The Morgan fingerprint density at radius 1 is 0.767 bits per heavy atom. The van der Waals surface area contributed by atoms with Gasteiger partial charge in [0, 0.05) is 43.7 Å². The fourth-order valence-electron chi connectivity index (χ4n) is 11.2. The molecule has 2 aliphatic heterocycles. The molecule has 4 N–H and O–H groups in total. The molecule has 2 fully saturated rings.